The van der Waals surface area contributed by atoms with Crippen LogP contribution < -0.4 is 16.4 Å². The van der Waals surface area contributed by atoms with Gasteiger partial charge in [-0.1, -0.05) is 18.2 Å². The highest BCUT2D eigenvalue weighted by atomic mass is 32.1. The second-order valence-electron chi connectivity index (χ2n) is 6.91. The quantitative estimate of drug-likeness (QED) is 0.431. The predicted octanol–water partition coefficient (Wildman–Crippen LogP) is 2.06. The molecule has 1 aromatic carbocycles. The first-order valence-corrected chi connectivity index (χ1v) is 10.8. The van der Waals surface area contributed by atoms with Gasteiger partial charge in [-0.05, 0) is 35.6 Å². The number of aliphatic imine (C=N–C) groups is 1. The number of nitrogens with zero attached hydrogens (tertiary/aromatic N) is 2. The summed E-state index contributed by atoms with van der Waals surface area (Å²) in [7, 11) is 0. The van der Waals surface area contributed by atoms with Gasteiger partial charge in [-0.3, -0.25) is 9.69 Å². The number of anilines is 1. The van der Waals surface area contributed by atoms with Gasteiger partial charge in [-0.25, -0.2) is 4.99 Å². The van der Waals surface area contributed by atoms with Crippen molar-refractivity contribution in [2.24, 2.45) is 10.7 Å². The largest absolute Gasteiger partial charge is 0.379 e. The fourth-order valence-electron chi connectivity index (χ4n) is 3.06. The molecule has 7 nitrogen and oxygen atoms in total. The number of nitrogens with two attached hydrogens (primary N) is 1. The Balaban J connectivity index is 1.40. The van der Waals surface area contributed by atoms with Crippen LogP contribution in [0.1, 0.15) is 16.9 Å². The molecule has 0 radical (unpaired) electrons. The zero-order chi connectivity index (χ0) is 20.3. The smallest absolute Gasteiger partial charge is 0.225 e. The van der Waals surface area contributed by atoms with E-state index in [4.69, 9.17) is 10.5 Å². The predicted molar refractivity (Wildman–Crippen MR) is 118 cm³/mol. The molecule has 29 heavy (non-hydrogen) atoms. The minimum atomic E-state index is 0.0203. The van der Waals surface area contributed by atoms with E-state index in [2.05, 4.69) is 32.0 Å². The molecule has 0 bridgehead atoms. The Morgan fingerprint density at radius 2 is 2.10 bits per heavy atom. The zero-order valence-corrected chi connectivity index (χ0v) is 17.4. The van der Waals surface area contributed by atoms with Crippen LogP contribution in [-0.4, -0.2) is 56.2 Å². The number of nitrogens with one attached hydrogen (secondary N) is 2. The Morgan fingerprint density at radius 1 is 1.24 bits per heavy atom. The number of carbonyl (C=O) groups excluding carboxylic acids is 1. The van der Waals surface area contributed by atoms with Crippen LogP contribution in [0, 0.1) is 0 Å². The van der Waals surface area contributed by atoms with Crippen molar-refractivity contribution in [1.29, 1.82) is 0 Å². The van der Waals surface area contributed by atoms with E-state index in [9.17, 15) is 4.79 Å². The van der Waals surface area contributed by atoms with E-state index in [1.54, 1.807) is 11.3 Å². The molecule has 1 saturated heterocycles. The lowest BCUT2D eigenvalue weighted by Gasteiger charge is -2.26. The first kappa shape index (κ1) is 21.3. The Morgan fingerprint density at radius 3 is 2.90 bits per heavy atom. The third kappa shape index (κ3) is 7.84. The van der Waals surface area contributed by atoms with Crippen LogP contribution in [0.4, 0.5) is 5.69 Å². The molecular formula is C21H29N5O2S. The summed E-state index contributed by atoms with van der Waals surface area (Å²) in [6.07, 6.45) is 1.41. The molecule has 0 aliphatic carbocycles. The summed E-state index contributed by atoms with van der Waals surface area (Å²) in [5, 5.41) is 8.18. The second-order valence-corrected chi connectivity index (χ2v) is 7.94. The zero-order valence-electron chi connectivity index (χ0n) is 16.6. The van der Waals surface area contributed by atoms with Gasteiger partial charge in [-0.15, -0.1) is 11.3 Å². The van der Waals surface area contributed by atoms with Gasteiger partial charge in [-0.2, -0.15) is 0 Å². The van der Waals surface area contributed by atoms with E-state index in [1.165, 1.54) is 4.88 Å². The highest BCUT2D eigenvalue weighted by Gasteiger charge is 2.12. The fourth-order valence-corrected chi connectivity index (χ4v) is 3.77. The van der Waals surface area contributed by atoms with Gasteiger partial charge in [0, 0.05) is 43.2 Å². The van der Waals surface area contributed by atoms with Crippen molar-refractivity contribution in [3.63, 3.8) is 0 Å². The van der Waals surface area contributed by atoms with E-state index >= 15 is 0 Å². The number of guanidine groups is 1. The molecule has 2 aromatic rings. The number of thiophene rings is 1. The Kier molecular flexibility index (Phi) is 8.48. The van der Waals surface area contributed by atoms with Gasteiger partial charge < -0.3 is 21.1 Å². The fraction of sp³-hybridized carbons (Fsp3) is 0.429. The molecule has 3 rings (SSSR count). The molecule has 1 amide bonds. The number of morpholine rings is 1. The Bertz CT molecular complexity index is 788. The van der Waals surface area contributed by atoms with Gasteiger partial charge in [0.15, 0.2) is 5.96 Å². The summed E-state index contributed by atoms with van der Waals surface area (Å²) in [4.78, 5) is 20.2. The molecule has 0 unspecified atom stereocenters. The molecule has 156 valence electrons. The number of carbonyl (C=O) groups is 1. The average Bonchev–Trinajstić information content (AvgIpc) is 3.25. The van der Waals surface area contributed by atoms with Crippen molar-refractivity contribution >= 4 is 28.9 Å². The minimum absolute atomic E-state index is 0.0203. The molecule has 4 N–H and O–H groups in total. The molecule has 1 fully saturated rings. The number of benzene rings is 1. The Labute approximate surface area is 176 Å². The number of rotatable bonds is 9. The van der Waals surface area contributed by atoms with E-state index in [0.717, 1.165) is 57.1 Å². The van der Waals surface area contributed by atoms with E-state index in [1.807, 2.05) is 30.3 Å². The lowest BCUT2D eigenvalue weighted by atomic mass is 10.2. The summed E-state index contributed by atoms with van der Waals surface area (Å²) in [5.41, 5.74) is 7.73. The minimum Gasteiger partial charge on any atom is -0.379 e. The standard InChI is InChI=1S/C21H29N5O2S/c22-21(23-8-6-19-5-2-14-29-19)24-16-17-3-1-4-18(15-17)25-20(27)7-9-26-10-12-28-13-11-26/h1-5,14-15H,6-13,16H2,(H,25,27)(H3,22,23,24). The number of amides is 1. The van der Waals surface area contributed by atoms with Gasteiger partial charge >= 0.3 is 0 Å². The Hall–Kier alpha value is -2.42. The maximum Gasteiger partial charge on any atom is 0.225 e. The van der Waals surface area contributed by atoms with Gasteiger partial charge in [0.25, 0.3) is 0 Å². The number of hydrogen-bond donors (Lipinski definition) is 3. The lowest BCUT2D eigenvalue weighted by Crippen LogP contribution is -2.38. The van der Waals surface area contributed by atoms with Gasteiger partial charge in [0.2, 0.25) is 5.91 Å². The monoisotopic (exact) mass is 415 g/mol. The molecule has 1 aliphatic rings. The van der Waals surface area contributed by atoms with Gasteiger partial charge in [0.05, 0.1) is 19.8 Å². The number of hydrogen-bond acceptors (Lipinski definition) is 5. The normalized spacial score (nSPS) is 15.2. The van der Waals surface area contributed by atoms with Crippen molar-refractivity contribution in [3.05, 3.63) is 52.2 Å². The van der Waals surface area contributed by atoms with Crippen LogP contribution in [0.25, 0.3) is 0 Å². The molecule has 1 aromatic heterocycles. The molecule has 2 heterocycles. The molecule has 1 aliphatic heterocycles. The van der Waals surface area contributed by atoms with Crippen LogP contribution in [-0.2, 0) is 22.5 Å². The van der Waals surface area contributed by atoms with E-state index < -0.39 is 0 Å². The molecule has 0 spiro atoms. The van der Waals surface area contributed by atoms with E-state index in [0.29, 0.717) is 18.9 Å². The topological polar surface area (TPSA) is 92.0 Å². The summed E-state index contributed by atoms with van der Waals surface area (Å²) < 4.78 is 5.33. The first-order valence-electron chi connectivity index (χ1n) is 9.94. The van der Waals surface area contributed by atoms with Crippen LogP contribution >= 0.6 is 11.3 Å². The lowest BCUT2D eigenvalue weighted by molar-refractivity contribution is -0.116. The van der Waals surface area contributed by atoms with Gasteiger partial charge in [0.1, 0.15) is 0 Å². The molecule has 0 saturated carbocycles. The summed E-state index contributed by atoms with van der Waals surface area (Å²) in [5.74, 6) is 0.452. The summed E-state index contributed by atoms with van der Waals surface area (Å²) in [6, 6.07) is 11.9. The van der Waals surface area contributed by atoms with Crippen LogP contribution in [0.2, 0.25) is 0 Å². The highest BCUT2D eigenvalue weighted by molar-refractivity contribution is 7.09. The maximum atomic E-state index is 12.2. The number of ether oxygens (including phenoxy) is 1. The van der Waals surface area contributed by atoms with Crippen molar-refractivity contribution in [3.8, 4) is 0 Å². The third-order valence-corrected chi connectivity index (χ3v) is 5.60. The molecule has 0 atom stereocenters. The third-order valence-electron chi connectivity index (χ3n) is 4.66. The van der Waals surface area contributed by atoms with Crippen LogP contribution in [0.3, 0.4) is 0 Å². The van der Waals surface area contributed by atoms with E-state index in [-0.39, 0.29) is 5.91 Å². The van der Waals surface area contributed by atoms with Crippen LogP contribution in [0.5, 0.6) is 0 Å². The highest BCUT2D eigenvalue weighted by Crippen LogP contribution is 2.12. The molecular weight excluding hydrogens is 386 g/mol. The average molecular weight is 416 g/mol. The van der Waals surface area contributed by atoms with Crippen molar-refractivity contribution in [2.75, 3.05) is 44.7 Å². The van der Waals surface area contributed by atoms with Crippen molar-refractivity contribution in [1.82, 2.24) is 10.2 Å². The van der Waals surface area contributed by atoms with Crippen LogP contribution in [0.15, 0.2) is 46.8 Å². The van der Waals surface area contributed by atoms with Crippen molar-refractivity contribution in [2.45, 2.75) is 19.4 Å². The maximum absolute atomic E-state index is 12.2. The summed E-state index contributed by atoms with van der Waals surface area (Å²) >= 11 is 1.74. The SMILES string of the molecule is NC(=NCc1cccc(NC(=O)CCN2CCOCC2)c1)NCCc1cccs1. The first-order chi connectivity index (χ1) is 14.2. The summed E-state index contributed by atoms with van der Waals surface area (Å²) in [6.45, 7) is 5.26. The second kappa shape index (κ2) is 11.5. The molecule has 8 heteroatoms. The van der Waals surface area contributed by atoms with Crippen molar-refractivity contribution < 1.29 is 9.53 Å².